The number of nitrogens with one attached hydrogen (secondary N) is 1. The molecule has 3 aliphatic heterocycles. The maximum atomic E-state index is 16.8. The van der Waals surface area contributed by atoms with Crippen LogP contribution in [0, 0.1) is 29.4 Å². The fourth-order valence-corrected chi connectivity index (χ4v) is 7.39. The second-order valence-corrected chi connectivity index (χ2v) is 13.0. The van der Waals surface area contributed by atoms with Crippen molar-refractivity contribution in [2.24, 2.45) is 5.41 Å². The molecule has 3 aromatic carbocycles. The van der Waals surface area contributed by atoms with Crippen LogP contribution in [0.3, 0.4) is 0 Å². The first-order chi connectivity index (χ1) is 21.9. The number of terminal acetylenes is 1. The van der Waals surface area contributed by atoms with Crippen molar-refractivity contribution in [2.75, 3.05) is 57.4 Å². The molecule has 232 valence electrons. The molecule has 4 aliphatic rings. The number of aromatic nitrogens is 2. The lowest BCUT2D eigenvalue weighted by Gasteiger charge is -2.34. The number of anilines is 1. The molecule has 4 fully saturated rings. The van der Waals surface area contributed by atoms with E-state index in [1.54, 1.807) is 18.2 Å². The van der Waals surface area contributed by atoms with Crippen LogP contribution < -0.4 is 15.0 Å². The molecular weight excluding hydrogens is 576 g/mol. The fourth-order valence-electron chi connectivity index (χ4n) is 7.39. The molecule has 8 rings (SSSR count). The van der Waals surface area contributed by atoms with Gasteiger partial charge in [0, 0.05) is 72.1 Å². The number of rotatable bonds is 7. The molecule has 1 aromatic heterocycles. The van der Waals surface area contributed by atoms with E-state index in [2.05, 4.69) is 26.0 Å². The largest absolute Gasteiger partial charge is 0.508 e. The summed E-state index contributed by atoms with van der Waals surface area (Å²) in [5.41, 5.74) is 0.321. The molecule has 2 bridgehead atoms. The number of halogens is 2. The average Bonchev–Trinajstić information content (AvgIpc) is 3.73. The molecule has 1 aliphatic carbocycles. The molecule has 1 saturated carbocycles. The van der Waals surface area contributed by atoms with Gasteiger partial charge in [0.1, 0.15) is 22.9 Å². The molecule has 45 heavy (non-hydrogen) atoms. The molecule has 3 saturated heterocycles. The molecule has 8 nitrogen and oxygen atoms in total. The lowest BCUT2D eigenvalue weighted by atomic mass is 9.93. The van der Waals surface area contributed by atoms with Crippen molar-refractivity contribution < 1.29 is 23.4 Å². The fraction of sp³-hybridized carbons (Fsp3) is 0.429. The normalized spacial score (nSPS) is 22.6. The van der Waals surface area contributed by atoms with Crippen molar-refractivity contribution in [2.45, 2.75) is 37.8 Å². The molecule has 0 spiro atoms. The Morgan fingerprint density at radius 3 is 2.60 bits per heavy atom. The van der Waals surface area contributed by atoms with Crippen LogP contribution in [0.4, 0.5) is 14.6 Å². The Labute approximate surface area is 260 Å². The molecule has 2 unspecified atom stereocenters. The SMILES string of the molecule is C#Cc1cccc2cc(O)cc(-c3c(F)cc4c(N5CC6CCC(C5)N6)nc(OCC5(CN6CCOCC6)CC5)nc4c3F)c12. The van der Waals surface area contributed by atoms with Gasteiger partial charge in [-0.15, -0.1) is 6.42 Å². The van der Waals surface area contributed by atoms with Crippen molar-refractivity contribution in [1.29, 1.82) is 0 Å². The quantitative estimate of drug-likeness (QED) is 0.287. The van der Waals surface area contributed by atoms with Crippen LogP contribution >= 0.6 is 0 Å². The number of nitrogens with zero attached hydrogens (tertiary/aromatic N) is 4. The number of hydrogen-bond acceptors (Lipinski definition) is 8. The molecule has 2 atom stereocenters. The third-order valence-electron chi connectivity index (χ3n) is 9.87. The summed E-state index contributed by atoms with van der Waals surface area (Å²) in [5, 5.41) is 15.5. The first kappa shape index (κ1) is 28.4. The number of morpholine rings is 1. The summed E-state index contributed by atoms with van der Waals surface area (Å²) in [5.74, 6) is 1.35. The van der Waals surface area contributed by atoms with Crippen LogP contribution in [0.1, 0.15) is 31.2 Å². The van der Waals surface area contributed by atoms with Crippen LogP contribution in [0.15, 0.2) is 36.4 Å². The van der Waals surface area contributed by atoms with E-state index in [4.69, 9.17) is 20.9 Å². The average molecular weight is 612 g/mol. The van der Waals surface area contributed by atoms with Crippen molar-refractivity contribution in [3.8, 4) is 35.2 Å². The van der Waals surface area contributed by atoms with Gasteiger partial charge in [0.15, 0.2) is 5.82 Å². The summed E-state index contributed by atoms with van der Waals surface area (Å²) in [7, 11) is 0. The first-order valence-electron chi connectivity index (χ1n) is 15.8. The summed E-state index contributed by atoms with van der Waals surface area (Å²) < 4.78 is 44.8. The summed E-state index contributed by atoms with van der Waals surface area (Å²) in [6.07, 6.45) is 9.97. The predicted octanol–water partition coefficient (Wildman–Crippen LogP) is 4.85. The third kappa shape index (κ3) is 5.23. The van der Waals surface area contributed by atoms with Gasteiger partial charge >= 0.3 is 6.01 Å². The van der Waals surface area contributed by atoms with Crippen molar-refractivity contribution in [1.82, 2.24) is 20.2 Å². The lowest BCUT2D eigenvalue weighted by molar-refractivity contribution is 0.0231. The number of phenolic OH excluding ortho intramolecular Hbond substituents is 1. The molecule has 2 N–H and O–H groups in total. The Hall–Kier alpha value is -4.04. The third-order valence-corrected chi connectivity index (χ3v) is 9.87. The van der Waals surface area contributed by atoms with E-state index < -0.39 is 11.6 Å². The van der Waals surface area contributed by atoms with Gasteiger partial charge in [-0.3, -0.25) is 4.90 Å². The lowest BCUT2D eigenvalue weighted by Crippen LogP contribution is -2.51. The minimum absolute atomic E-state index is 0.00256. The minimum atomic E-state index is -0.843. The van der Waals surface area contributed by atoms with Gasteiger partial charge < -0.3 is 24.8 Å². The zero-order valence-corrected chi connectivity index (χ0v) is 25.0. The van der Waals surface area contributed by atoms with Crippen LogP contribution in [0.25, 0.3) is 32.8 Å². The maximum absolute atomic E-state index is 16.8. The van der Waals surface area contributed by atoms with Gasteiger partial charge in [-0.1, -0.05) is 18.1 Å². The summed E-state index contributed by atoms with van der Waals surface area (Å²) in [6.45, 7) is 5.94. The summed E-state index contributed by atoms with van der Waals surface area (Å²) in [6, 6.07) is 10.1. The summed E-state index contributed by atoms with van der Waals surface area (Å²) in [4.78, 5) is 13.9. The van der Waals surface area contributed by atoms with Crippen molar-refractivity contribution in [3.05, 3.63) is 53.6 Å². The van der Waals surface area contributed by atoms with Crippen LogP contribution in [0.2, 0.25) is 0 Å². The topological polar surface area (TPSA) is 83.0 Å². The molecule has 4 heterocycles. The van der Waals surface area contributed by atoms with Gasteiger partial charge in [0.25, 0.3) is 0 Å². The summed E-state index contributed by atoms with van der Waals surface area (Å²) >= 11 is 0. The highest BCUT2D eigenvalue weighted by Gasteiger charge is 2.45. The van der Waals surface area contributed by atoms with E-state index in [0.29, 0.717) is 47.2 Å². The highest BCUT2D eigenvalue weighted by molar-refractivity contribution is 6.04. The number of phenols is 1. The number of piperazine rings is 1. The number of ether oxygens (including phenoxy) is 2. The number of fused-ring (bicyclic) bond motifs is 4. The smallest absolute Gasteiger partial charge is 0.319 e. The Bertz CT molecular complexity index is 1840. The monoisotopic (exact) mass is 611 g/mol. The molecule has 0 amide bonds. The van der Waals surface area contributed by atoms with Gasteiger partial charge in [0.2, 0.25) is 0 Å². The predicted molar refractivity (Wildman–Crippen MR) is 169 cm³/mol. The standard InChI is InChI=1S/C35H35F2N5O3/c1-2-21-4-3-5-22-14-25(43)15-26(29(21)22)30-28(36)16-27-32(31(30)37)39-34(40-33(27)42-17-23-6-7-24(18-42)38-23)45-20-35(8-9-35)19-41-10-12-44-13-11-41/h1,3-5,14-16,23-24,38,43H,6-13,17-20H2. The van der Waals surface area contributed by atoms with E-state index in [1.807, 2.05) is 0 Å². The van der Waals surface area contributed by atoms with Crippen LogP contribution in [0.5, 0.6) is 11.8 Å². The molecule has 4 aromatic rings. The number of benzene rings is 3. The zero-order chi connectivity index (χ0) is 30.7. The van der Waals surface area contributed by atoms with Crippen LogP contribution in [-0.4, -0.2) is 84.6 Å². The zero-order valence-electron chi connectivity index (χ0n) is 25.0. The first-order valence-corrected chi connectivity index (χ1v) is 15.8. The molecule has 10 heteroatoms. The van der Waals surface area contributed by atoms with Gasteiger partial charge in [-0.05, 0) is 55.3 Å². The van der Waals surface area contributed by atoms with E-state index in [9.17, 15) is 5.11 Å². The van der Waals surface area contributed by atoms with E-state index in [-0.39, 0.29) is 45.9 Å². The highest BCUT2D eigenvalue weighted by Crippen LogP contribution is 2.47. The highest BCUT2D eigenvalue weighted by atomic mass is 19.1. The second kappa shape index (κ2) is 11.1. The second-order valence-electron chi connectivity index (χ2n) is 13.0. The maximum Gasteiger partial charge on any atom is 0.319 e. The van der Waals surface area contributed by atoms with Gasteiger partial charge in [-0.2, -0.15) is 9.97 Å². The Morgan fingerprint density at radius 1 is 1.09 bits per heavy atom. The Kier molecular flexibility index (Phi) is 7.01. The minimum Gasteiger partial charge on any atom is -0.508 e. The van der Waals surface area contributed by atoms with E-state index in [0.717, 1.165) is 58.5 Å². The van der Waals surface area contributed by atoms with Gasteiger partial charge in [-0.25, -0.2) is 8.78 Å². The van der Waals surface area contributed by atoms with Crippen molar-refractivity contribution >= 4 is 27.5 Å². The Balaban J connectivity index is 1.24. The van der Waals surface area contributed by atoms with E-state index >= 15 is 8.78 Å². The van der Waals surface area contributed by atoms with E-state index in [1.165, 1.54) is 18.2 Å². The van der Waals surface area contributed by atoms with Crippen molar-refractivity contribution in [3.63, 3.8) is 0 Å². The molecule has 0 radical (unpaired) electrons. The Morgan fingerprint density at radius 2 is 1.87 bits per heavy atom. The molecular formula is C35H35F2N5O3. The van der Waals surface area contributed by atoms with Crippen LogP contribution in [-0.2, 0) is 4.74 Å². The number of hydrogen-bond donors (Lipinski definition) is 2. The number of aromatic hydroxyl groups is 1. The van der Waals surface area contributed by atoms with Gasteiger partial charge in [0.05, 0.1) is 25.4 Å².